The summed E-state index contributed by atoms with van der Waals surface area (Å²) < 4.78 is 18.6. The van der Waals surface area contributed by atoms with Gasteiger partial charge in [-0.05, 0) is 30.3 Å². The molecule has 3 N–H and O–H groups in total. The van der Waals surface area contributed by atoms with Gasteiger partial charge in [0.15, 0.2) is 5.58 Å². The monoisotopic (exact) mass is 277 g/mol. The maximum Gasteiger partial charge on any atom is 0.300 e. The van der Waals surface area contributed by atoms with Crippen LogP contribution in [0.5, 0.6) is 0 Å². The summed E-state index contributed by atoms with van der Waals surface area (Å²) in [5.41, 5.74) is 7.83. The van der Waals surface area contributed by atoms with Crippen molar-refractivity contribution in [3.63, 3.8) is 0 Å². The van der Waals surface area contributed by atoms with Crippen LogP contribution in [0, 0.1) is 5.82 Å². The van der Waals surface area contributed by atoms with Crippen LogP contribution in [0.25, 0.3) is 11.1 Å². The first-order chi connectivity index (χ1) is 9.11. The van der Waals surface area contributed by atoms with Crippen molar-refractivity contribution < 1.29 is 8.81 Å². The molecule has 0 radical (unpaired) electrons. The van der Waals surface area contributed by atoms with Gasteiger partial charge >= 0.3 is 0 Å². The van der Waals surface area contributed by atoms with E-state index in [9.17, 15) is 4.39 Å². The summed E-state index contributed by atoms with van der Waals surface area (Å²) in [5, 5.41) is 3.21. The summed E-state index contributed by atoms with van der Waals surface area (Å²) in [6.45, 7) is 0. The molecule has 0 saturated heterocycles. The normalized spacial score (nSPS) is 10.8. The smallest absolute Gasteiger partial charge is 0.300 e. The quantitative estimate of drug-likeness (QED) is 0.696. The Labute approximate surface area is 113 Å². The molecule has 0 aliphatic carbocycles. The predicted octanol–water partition coefficient (Wildman–Crippen LogP) is 3.95. The van der Waals surface area contributed by atoms with Crippen molar-refractivity contribution in [1.29, 1.82) is 0 Å². The lowest BCUT2D eigenvalue weighted by Crippen LogP contribution is -1.91. The molecule has 3 aromatic rings. The number of fused-ring (bicyclic) bond motifs is 1. The summed E-state index contributed by atoms with van der Waals surface area (Å²) in [6.07, 6.45) is 0. The second-order valence-corrected chi connectivity index (χ2v) is 4.40. The predicted molar refractivity (Wildman–Crippen MR) is 73.1 cm³/mol. The number of hydrogen-bond donors (Lipinski definition) is 2. The van der Waals surface area contributed by atoms with E-state index in [4.69, 9.17) is 21.8 Å². The third-order valence-corrected chi connectivity index (χ3v) is 2.91. The topological polar surface area (TPSA) is 64.1 Å². The maximum absolute atomic E-state index is 13.1. The standard InChI is InChI=1S/C13H9ClFN3O/c14-9-3-1-7(15)5-11(9)18-13-17-10-4-2-8(16)6-12(10)19-13/h1-6H,16H2,(H,17,18). The molecule has 0 amide bonds. The van der Waals surface area contributed by atoms with Gasteiger partial charge in [0, 0.05) is 11.8 Å². The Morgan fingerprint density at radius 1 is 1.21 bits per heavy atom. The number of nitrogen functional groups attached to an aromatic ring is 1. The summed E-state index contributed by atoms with van der Waals surface area (Å²) in [7, 11) is 0. The lowest BCUT2D eigenvalue weighted by atomic mass is 10.3. The average Bonchev–Trinajstić information content (AvgIpc) is 2.75. The molecule has 1 heterocycles. The highest BCUT2D eigenvalue weighted by Crippen LogP contribution is 2.28. The molecule has 2 aromatic carbocycles. The molecule has 6 heteroatoms. The molecule has 0 spiro atoms. The Balaban J connectivity index is 1.98. The Hall–Kier alpha value is -2.27. The van der Waals surface area contributed by atoms with E-state index in [-0.39, 0.29) is 6.01 Å². The van der Waals surface area contributed by atoms with Crippen molar-refractivity contribution in [3.8, 4) is 0 Å². The van der Waals surface area contributed by atoms with Crippen LogP contribution in [0.2, 0.25) is 5.02 Å². The first kappa shape index (κ1) is 11.8. The Kier molecular flexibility index (Phi) is 2.76. The Morgan fingerprint density at radius 3 is 2.89 bits per heavy atom. The van der Waals surface area contributed by atoms with Crippen molar-refractivity contribution in [2.24, 2.45) is 0 Å². The van der Waals surface area contributed by atoms with Crippen LogP contribution < -0.4 is 11.1 Å². The van der Waals surface area contributed by atoms with Gasteiger partial charge in [-0.1, -0.05) is 11.6 Å². The van der Waals surface area contributed by atoms with Gasteiger partial charge in [-0.25, -0.2) is 4.39 Å². The van der Waals surface area contributed by atoms with Crippen molar-refractivity contribution in [2.75, 3.05) is 11.1 Å². The zero-order valence-electron chi connectivity index (χ0n) is 9.65. The summed E-state index contributed by atoms with van der Waals surface area (Å²) in [6, 6.07) is 9.37. The van der Waals surface area contributed by atoms with Crippen LogP contribution >= 0.6 is 11.6 Å². The first-order valence-electron chi connectivity index (χ1n) is 5.50. The zero-order valence-corrected chi connectivity index (χ0v) is 10.4. The molecule has 0 atom stereocenters. The minimum absolute atomic E-state index is 0.230. The van der Waals surface area contributed by atoms with Gasteiger partial charge in [0.2, 0.25) is 0 Å². The number of halogens is 2. The van der Waals surface area contributed by atoms with Gasteiger partial charge in [-0.15, -0.1) is 0 Å². The summed E-state index contributed by atoms with van der Waals surface area (Å²) >= 11 is 5.95. The lowest BCUT2D eigenvalue weighted by molar-refractivity contribution is 0.620. The number of nitrogens with two attached hydrogens (primary N) is 1. The van der Waals surface area contributed by atoms with Gasteiger partial charge < -0.3 is 15.5 Å². The first-order valence-corrected chi connectivity index (χ1v) is 5.88. The number of anilines is 3. The number of hydrogen-bond acceptors (Lipinski definition) is 4. The van der Waals surface area contributed by atoms with E-state index in [2.05, 4.69) is 10.3 Å². The third-order valence-electron chi connectivity index (χ3n) is 2.58. The van der Waals surface area contributed by atoms with E-state index in [1.54, 1.807) is 18.2 Å². The van der Waals surface area contributed by atoms with E-state index >= 15 is 0 Å². The van der Waals surface area contributed by atoms with Crippen LogP contribution in [0.1, 0.15) is 0 Å². The van der Waals surface area contributed by atoms with E-state index in [1.807, 2.05) is 0 Å². The molecule has 0 fully saturated rings. The lowest BCUT2D eigenvalue weighted by Gasteiger charge is -2.03. The number of benzene rings is 2. The van der Waals surface area contributed by atoms with E-state index in [0.29, 0.717) is 27.5 Å². The molecular weight excluding hydrogens is 269 g/mol. The molecule has 1 aromatic heterocycles. The van der Waals surface area contributed by atoms with Crippen LogP contribution in [0.4, 0.5) is 21.8 Å². The number of rotatable bonds is 2. The fourth-order valence-electron chi connectivity index (χ4n) is 1.70. The fourth-order valence-corrected chi connectivity index (χ4v) is 1.87. The maximum atomic E-state index is 13.1. The van der Waals surface area contributed by atoms with E-state index < -0.39 is 5.82 Å². The molecule has 0 aliphatic rings. The number of oxazole rings is 1. The third kappa shape index (κ3) is 2.32. The van der Waals surface area contributed by atoms with Crippen LogP contribution in [-0.4, -0.2) is 4.98 Å². The highest BCUT2D eigenvalue weighted by atomic mass is 35.5. The van der Waals surface area contributed by atoms with Crippen molar-refractivity contribution in [1.82, 2.24) is 4.98 Å². The Morgan fingerprint density at radius 2 is 2.05 bits per heavy atom. The van der Waals surface area contributed by atoms with Gasteiger partial charge in [-0.3, -0.25) is 0 Å². The molecule has 0 unspecified atom stereocenters. The largest absolute Gasteiger partial charge is 0.423 e. The molecule has 0 saturated carbocycles. The zero-order chi connectivity index (χ0) is 13.4. The number of aromatic nitrogens is 1. The van der Waals surface area contributed by atoms with Crippen LogP contribution in [0.3, 0.4) is 0 Å². The molecule has 0 aliphatic heterocycles. The molecule has 19 heavy (non-hydrogen) atoms. The van der Waals surface area contributed by atoms with E-state index in [0.717, 1.165) is 0 Å². The number of nitrogens with zero attached hydrogens (tertiary/aromatic N) is 1. The molecular formula is C13H9ClFN3O. The minimum Gasteiger partial charge on any atom is -0.423 e. The molecule has 4 nitrogen and oxygen atoms in total. The van der Waals surface area contributed by atoms with Gasteiger partial charge in [0.05, 0.1) is 10.7 Å². The van der Waals surface area contributed by atoms with Gasteiger partial charge in [-0.2, -0.15) is 4.98 Å². The fraction of sp³-hybridized carbons (Fsp3) is 0. The van der Waals surface area contributed by atoms with Crippen molar-refractivity contribution >= 4 is 40.1 Å². The summed E-state index contributed by atoms with van der Waals surface area (Å²) in [5.74, 6) is -0.396. The van der Waals surface area contributed by atoms with Gasteiger partial charge in [0.25, 0.3) is 6.01 Å². The Bertz CT molecular complexity index is 757. The summed E-state index contributed by atoms with van der Waals surface area (Å²) in [4.78, 5) is 4.21. The van der Waals surface area contributed by atoms with Crippen molar-refractivity contribution in [2.45, 2.75) is 0 Å². The second-order valence-electron chi connectivity index (χ2n) is 4.00. The highest BCUT2D eigenvalue weighted by Gasteiger charge is 2.09. The van der Waals surface area contributed by atoms with E-state index in [1.165, 1.54) is 18.2 Å². The second kappa shape index (κ2) is 4.44. The van der Waals surface area contributed by atoms with Crippen molar-refractivity contribution in [3.05, 3.63) is 47.2 Å². The molecule has 3 rings (SSSR count). The van der Waals surface area contributed by atoms with Crippen LogP contribution in [-0.2, 0) is 0 Å². The molecule has 96 valence electrons. The highest BCUT2D eigenvalue weighted by molar-refractivity contribution is 6.33. The average molecular weight is 278 g/mol. The molecule has 0 bridgehead atoms. The van der Waals surface area contributed by atoms with Gasteiger partial charge in [0.1, 0.15) is 11.3 Å². The SMILES string of the molecule is Nc1ccc2nc(Nc3cc(F)ccc3Cl)oc2c1. The minimum atomic E-state index is -0.396. The number of nitrogens with one attached hydrogen (secondary N) is 1. The van der Waals surface area contributed by atoms with Crippen LogP contribution in [0.15, 0.2) is 40.8 Å².